The summed E-state index contributed by atoms with van der Waals surface area (Å²) in [5.41, 5.74) is 3.56. The molecule has 0 aliphatic carbocycles. The summed E-state index contributed by atoms with van der Waals surface area (Å²) in [4.78, 5) is 24.4. The first-order valence-corrected chi connectivity index (χ1v) is 7.12. The van der Waals surface area contributed by atoms with Crippen molar-refractivity contribution in [3.8, 4) is 5.75 Å². The molecule has 2 aromatic heterocycles. The average molecular weight is 300 g/mol. The SMILES string of the molecule is COc1c(C)cnc(CNC(=O)CCc2cnccn2)c1C. The molecule has 1 N–H and O–H groups in total. The number of carbonyl (C=O) groups is 1. The molecule has 0 radical (unpaired) electrons. The predicted octanol–water partition coefficient (Wildman–Crippen LogP) is 1.75. The first-order chi connectivity index (χ1) is 10.6. The van der Waals surface area contributed by atoms with Gasteiger partial charge in [-0.1, -0.05) is 0 Å². The number of carbonyl (C=O) groups excluding carboxylic acids is 1. The highest BCUT2D eigenvalue weighted by Crippen LogP contribution is 2.23. The van der Waals surface area contributed by atoms with E-state index in [0.717, 1.165) is 28.3 Å². The van der Waals surface area contributed by atoms with Gasteiger partial charge in [0.1, 0.15) is 5.75 Å². The van der Waals surface area contributed by atoms with Crippen molar-refractivity contribution in [2.24, 2.45) is 0 Å². The first-order valence-electron chi connectivity index (χ1n) is 7.12. The number of pyridine rings is 1. The smallest absolute Gasteiger partial charge is 0.220 e. The van der Waals surface area contributed by atoms with E-state index in [0.29, 0.717) is 19.4 Å². The Kier molecular flexibility index (Phi) is 5.41. The van der Waals surface area contributed by atoms with Crippen LogP contribution in [0.1, 0.15) is 28.9 Å². The van der Waals surface area contributed by atoms with Crippen molar-refractivity contribution in [1.82, 2.24) is 20.3 Å². The molecule has 116 valence electrons. The van der Waals surface area contributed by atoms with E-state index >= 15 is 0 Å². The van der Waals surface area contributed by atoms with Crippen LogP contribution in [-0.4, -0.2) is 28.0 Å². The lowest BCUT2D eigenvalue weighted by Crippen LogP contribution is -2.24. The second-order valence-corrected chi connectivity index (χ2v) is 5.02. The molecule has 2 heterocycles. The van der Waals surface area contributed by atoms with Gasteiger partial charge in [0.15, 0.2) is 0 Å². The molecule has 0 aromatic carbocycles. The molecule has 0 saturated heterocycles. The van der Waals surface area contributed by atoms with E-state index in [2.05, 4.69) is 20.3 Å². The number of nitrogens with zero attached hydrogens (tertiary/aromatic N) is 3. The maximum Gasteiger partial charge on any atom is 0.220 e. The summed E-state index contributed by atoms with van der Waals surface area (Å²) in [5.74, 6) is 0.783. The number of aromatic nitrogens is 3. The van der Waals surface area contributed by atoms with E-state index in [4.69, 9.17) is 4.74 Å². The third-order valence-electron chi connectivity index (χ3n) is 3.43. The van der Waals surface area contributed by atoms with Gasteiger partial charge in [-0.15, -0.1) is 0 Å². The van der Waals surface area contributed by atoms with Crippen LogP contribution in [0.2, 0.25) is 0 Å². The minimum Gasteiger partial charge on any atom is -0.496 e. The van der Waals surface area contributed by atoms with Crippen LogP contribution in [0.3, 0.4) is 0 Å². The summed E-state index contributed by atoms with van der Waals surface area (Å²) < 4.78 is 5.36. The molecule has 0 saturated carbocycles. The van der Waals surface area contributed by atoms with Crippen molar-refractivity contribution in [1.29, 1.82) is 0 Å². The quantitative estimate of drug-likeness (QED) is 0.879. The van der Waals surface area contributed by atoms with Crippen molar-refractivity contribution in [3.05, 3.63) is 47.3 Å². The van der Waals surface area contributed by atoms with Gasteiger partial charge in [-0.05, 0) is 20.3 Å². The molecule has 0 unspecified atom stereocenters. The van der Waals surface area contributed by atoms with Gasteiger partial charge in [0, 0.05) is 42.3 Å². The molecule has 2 rings (SSSR count). The molecule has 0 bridgehead atoms. The Labute approximate surface area is 130 Å². The molecule has 1 amide bonds. The highest BCUT2D eigenvalue weighted by Gasteiger charge is 2.10. The molecule has 6 heteroatoms. The maximum atomic E-state index is 11.9. The molecular formula is C16H20N4O2. The van der Waals surface area contributed by atoms with Crippen molar-refractivity contribution >= 4 is 5.91 Å². The molecule has 0 fully saturated rings. The topological polar surface area (TPSA) is 77.0 Å². The summed E-state index contributed by atoms with van der Waals surface area (Å²) in [6.45, 7) is 4.28. The van der Waals surface area contributed by atoms with E-state index in [1.165, 1.54) is 0 Å². The number of ether oxygens (including phenoxy) is 1. The van der Waals surface area contributed by atoms with Gasteiger partial charge in [-0.2, -0.15) is 0 Å². The number of methoxy groups -OCH3 is 1. The number of rotatable bonds is 6. The van der Waals surface area contributed by atoms with Crippen LogP contribution in [0.4, 0.5) is 0 Å². The van der Waals surface area contributed by atoms with E-state index in [9.17, 15) is 4.79 Å². The Morgan fingerprint density at radius 3 is 2.73 bits per heavy atom. The van der Waals surface area contributed by atoms with Gasteiger partial charge >= 0.3 is 0 Å². The molecule has 22 heavy (non-hydrogen) atoms. The van der Waals surface area contributed by atoms with Crippen LogP contribution in [0.15, 0.2) is 24.8 Å². The van der Waals surface area contributed by atoms with Gasteiger partial charge in [-0.25, -0.2) is 0 Å². The fourth-order valence-corrected chi connectivity index (χ4v) is 2.22. The van der Waals surface area contributed by atoms with E-state index in [1.807, 2.05) is 13.8 Å². The number of nitrogens with one attached hydrogen (secondary N) is 1. The van der Waals surface area contributed by atoms with Crippen LogP contribution >= 0.6 is 0 Å². The molecule has 0 spiro atoms. The number of hydrogen-bond acceptors (Lipinski definition) is 5. The van der Waals surface area contributed by atoms with Crippen LogP contribution < -0.4 is 10.1 Å². The lowest BCUT2D eigenvalue weighted by molar-refractivity contribution is -0.121. The highest BCUT2D eigenvalue weighted by molar-refractivity contribution is 5.76. The number of hydrogen-bond donors (Lipinski definition) is 1. The van der Waals surface area contributed by atoms with Crippen LogP contribution in [0, 0.1) is 13.8 Å². The fraction of sp³-hybridized carbons (Fsp3) is 0.375. The normalized spacial score (nSPS) is 10.3. The minimum atomic E-state index is -0.0357. The first kappa shape index (κ1) is 15.9. The van der Waals surface area contributed by atoms with Crippen LogP contribution in [-0.2, 0) is 17.8 Å². The van der Waals surface area contributed by atoms with Gasteiger partial charge in [0.2, 0.25) is 5.91 Å². The van der Waals surface area contributed by atoms with Crippen LogP contribution in [0.25, 0.3) is 0 Å². The maximum absolute atomic E-state index is 11.9. The molecular weight excluding hydrogens is 280 g/mol. The molecule has 2 aromatic rings. The molecule has 6 nitrogen and oxygen atoms in total. The molecule has 0 aliphatic heterocycles. The monoisotopic (exact) mass is 300 g/mol. The van der Waals surface area contributed by atoms with Crippen molar-refractivity contribution < 1.29 is 9.53 Å². The average Bonchev–Trinajstić information content (AvgIpc) is 2.53. The van der Waals surface area contributed by atoms with E-state index in [-0.39, 0.29) is 5.91 Å². The second kappa shape index (κ2) is 7.49. The van der Waals surface area contributed by atoms with Crippen molar-refractivity contribution in [2.75, 3.05) is 7.11 Å². The van der Waals surface area contributed by atoms with Crippen LogP contribution in [0.5, 0.6) is 5.75 Å². The second-order valence-electron chi connectivity index (χ2n) is 5.02. The number of amides is 1. The van der Waals surface area contributed by atoms with Crippen molar-refractivity contribution in [3.63, 3.8) is 0 Å². The zero-order chi connectivity index (χ0) is 15.9. The predicted molar refractivity (Wildman–Crippen MR) is 82.5 cm³/mol. The minimum absolute atomic E-state index is 0.0357. The zero-order valence-corrected chi connectivity index (χ0v) is 13.1. The summed E-state index contributed by atoms with van der Waals surface area (Å²) in [6, 6.07) is 0. The third-order valence-corrected chi connectivity index (χ3v) is 3.43. The summed E-state index contributed by atoms with van der Waals surface area (Å²) >= 11 is 0. The largest absolute Gasteiger partial charge is 0.496 e. The van der Waals surface area contributed by atoms with Gasteiger partial charge in [0.05, 0.1) is 25.0 Å². The lowest BCUT2D eigenvalue weighted by Gasteiger charge is -2.12. The van der Waals surface area contributed by atoms with E-state index in [1.54, 1.807) is 31.9 Å². The summed E-state index contributed by atoms with van der Waals surface area (Å²) in [7, 11) is 1.64. The number of aryl methyl sites for hydroxylation is 2. The summed E-state index contributed by atoms with van der Waals surface area (Å²) in [6.07, 6.45) is 7.61. The Hall–Kier alpha value is -2.50. The summed E-state index contributed by atoms with van der Waals surface area (Å²) in [5, 5.41) is 2.88. The van der Waals surface area contributed by atoms with Crippen molar-refractivity contribution in [2.45, 2.75) is 33.2 Å². The highest BCUT2D eigenvalue weighted by atomic mass is 16.5. The van der Waals surface area contributed by atoms with Gasteiger partial charge in [0.25, 0.3) is 0 Å². The standard InChI is InChI=1S/C16H20N4O2/c1-11-8-19-14(12(2)16(11)22-3)10-20-15(21)5-4-13-9-17-6-7-18-13/h6-9H,4-5,10H2,1-3H3,(H,20,21). The van der Waals surface area contributed by atoms with E-state index < -0.39 is 0 Å². The Morgan fingerprint density at radius 1 is 1.23 bits per heavy atom. The Balaban J connectivity index is 1.89. The molecule has 0 aliphatic rings. The Bertz CT molecular complexity index is 644. The molecule has 0 atom stereocenters. The third kappa shape index (κ3) is 4.00. The van der Waals surface area contributed by atoms with Gasteiger partial charge < -0.3 is 10.1 Å². The fourth-order valence-electron chi connectivity index (χ4n) is 2.22. The van der Waals surface area contributed by atoms with Gasteiger partial charge in [-0.3, -0.25) is 19.7 Å². The Morgan fingerprint density at radius 2 is 2.05 bits per heavy atom. The lowest BCUT2D eigenvalue weighted by atomic mass is 10.1. The zero-order valence-electron chi connectivity index (χ0n) is 13.1.